The van der Waals surface area contributed by atoms with E-state index < -0.39 is 26.8 Å². The first-order valence-corrected chi connectivity index (χ1v) is 5.73. The van der Waals surface area contributed by atoms with Gasteiger partial charge < -0.3 is 4.74 Å². The van der Waals surface area contributed by atoms with Crippen molar-refractivity contribution < 1.29 is 17.9 Å². The maximum absolute atomic E-state index is 11.5. The molecule has 1 atom stereocenters. The van der Waals surface area contributed by atoms with Crippen LogP contribution in [0.2, 0.25) is 0 Å². The van der Waals surface area contributed by atoms with Crippen molar-refractivity contribution in [2.24, 2.45) is 0 Å². The molecule has 0 aliphatic rings. The van der Waals surface area contributed by atoms with Crippen LogP contribution in [-0.4, -0.2) is 32.3 Å². The average molecular weight is 234 g/mol. The number of carbonyl (C=O) groups excluding carboxylic acids is 1. The number of esters is 1. The van der Waals surface area contributed by atoms with Gasteiger partial charge in [0.2, 0.25) is 10.0 Å². The van der Waals surface area contributed by atoms with Crippen LogP contribution in [0, 0.1) is 11.3 Å². The van der Waals surface area contributed by atoms with E-state index in [1.165, 1.54) is 20.8 Å². The van der Waals surface area contributed by atoms with Gasteiger partial charge in [0.15, 0.2) is 5.25 Å². The molecule has 0 bridgehead atoms. The Bertz CT molecular complexity index is 380. The fourth-order valence-electron chi connectivity index (χ4n) is 0.760. The summed E-state index contributed by atoms with van der Waals surface area (Å²) < 4.78 is 29.5. The third kappa shape index (κ3) is 3.85. The van der Waals surface area contributed by atoms with Gasteiger partial charge >= 0.3 is 5.97 Å². The van der Waals surface area contributed by atoms with Gasteiger partial charge in [-0.25, -0.2) is 8.42 Å². The summed E-state index contributed by atoms with van der Waals surface area (Å²) in [7, 11) is -2.79. The van der Waals surface area contributed by atoms with Crippen LogP contribution < -0.4 is 4.72 Å². The number of nitrogens with one attached hydrogen (secondary N) is 1. The van der Waals surface area contributed by atoms with Gasteiger partial charge in [-0.15, -0.1) is 0 Å². The molecule has 0 radical (unpaired) electrons. The van der Waals surface area contributed by atoms with Crippen LogP contribution in [0.1, 0.15) is 20.8 Å². The lowest BCUT2D eigenvalue weighted by Gasteiger charge is -2.19. The van der Waals surface area contributed by atoms with Crippen LogP contribution in [0.3, 0.4) is 0 Å². The Balaban J connectivity index is 4.88. The zero-order chi connectivity index (χ0) is 12.3. The van der Waals surface area contributed by atoms with Crippen LogP contribution in [0.25, 0.3) is 0 Å². The highest BCUT2D eigenvalue weighted by Crippen LogP contribution is 2.07. The largest absolute Gasteiger partial charge is 0.468 e. The Hall–Kier alpha value is -1.13. The van der Waals surface area contributed by atoms with Gasteiger partial charge in [-0.3, -0.25) is 4.79 Å². The molecule has 1 N–H and O–H groups in total. The Morgan fingerprint density at radius 1 is 1.53 bits per heavy atom. The quantitative estimate of drug-likeness (QED) is 0.678. The normalized spacial score (nSPS) is 14.1. The topological polar surface area (TPSA) is 96.3 Å². The molecule has 0 saturated carbocycles. The summed E-state index contributed by atoms with van der Waals surface area (Å²) in [5.41, 5.74) is -1.25. The maximum Gasteiger partial charge on any atom is 0.325 e. The summed E-state index contributed by atoms with van der Waals surface area (Å²) in [4.78, 5) is 11.0. The van der Waals surface area contributed by atoms with Gasteiger partial charge in [0.05, 0.1) is 13.2 Å². The highest BCUT2D eigenvalue weighted by molar-refractivity contribution is 7.90. The summed E-state index contributed by atoms with van der Waals surface area (Å²) in [6, 6.07) is 1.77. The number of sulfonamides is 1. The van der Waals surface area contributed by atoms with Gasteiger partial charge in [-0.1, -0.05) is 0 Å². The molecule has 0 rings (SSSR count). The smallest absolute Gasteiger partial charge is 0.325 e. The fraction of sp³-hybridized carbons (Fsp3) is 0.750. The molecule has 0 heterocycles. The number of carbonyl (C=O) groups is 1. The average Bonchev–Trinajstić information content (AvgIpc) is 2.14. The Kier molecular flexibility index (Phi) is 4.25. The number of hydrogen-bond acceptors (Lipinski definition) is 5. The first kappa shape index (κ1) is 13.9. The SMILES string of the molecule is COC(=O)C(C)S(=O)(=O)NC(C)(C)C#N. The minimum atomic E-state index is -3.89. The molecule has 0 aromatic rings. The van der Waals surface area contributed by atoms with Crippen LogP contribution in [-0.2, 0) is 19.6 Å². The van der Waals surface area contributed by atoms with Gasteiger partial charge in [-0.2, -0.15) is 9.98 Å². The zero-order valence-corrected chi connectivity index (χ0v) is 9.88. The van der Waals surface area contributed by atoms with Crippen molar-refractivity contribution in [1.82, 2.24) is 4.72 Å². The second-order valence-corrected chi connectivity index (χ2v) is 5.55. The monoisotopic (exact) mass is 234 g/mol. The number of hydrogen-bond donors (Lipinski definition) is 1. The van der Waals surface area contributed by atoms with E-state index >= 15 is 0 Å². The van der Waals surface area contributed by atoms with E-state index in [1.54, 1.807) is 6.07 Å². The predicted octanol–water partition coefficient (Wildman–Crippen LogP) is -0.231. The number of methoxy groups -OCH3 is 1. The molecule has 0 saturated heterocycles. The Morgan fingerprint density at radius 3 is 2.33 bits per heavy atom. The molecule has 0 fully saturated rings. The van der Waals surface area contributed by atoms with Crippen LogP contribution in [0.4, 0.5) is 0 Å². The molecule has 0 aromatic heterocycles. The summed E-state index contributed by atoms with van der Waals surface area (Å²) in [6.07, 6.45) is 0. The minimum absolute atomic E-state index is 0.865. The molecule has 1 unspecified atom stereocenters. The van der Waals surface area contributed by atoms with Crippen molar-refractivity contribution in [3.05, 3.63) is 0 Å². The molecule has 0 aliphatic carbocycles. The zero-order valence-electron chi connectivity index (χ0n) is 9.07. The number of nitrogens with zero attached hydrogens (tertiary/aromatic N) is 1. The molecular weight excluding hydrogens is 220 g/mol. The summed E-state index contributed by atoms with van der Waals surface area (Å²) in [6.45, 7) is 3.99. The lowest BCUT2D eigenvalue weighted by Crippen LogP contribution is -2.48. The molecule has 6 nitrogen and oxygen atoms in total. The van der Waals surface area contributed by atoms with Crippen LogP contribution in [0.15, 0.2) is 0 Å². The van der Waals surface area contributed by atoms with Crippen LogP contribution >= 0.6 is 0 Å². The van der Waals surface area contributed by atoms with E-state index in [4.69, 9.17) is 5.26 Å². The molecule has 0 amide bonds. The maximum atomic E-state index is 11.5. The summed E-state index contributed by atoms with van der Waals surface area (Å²) in [5, 5.41) is 7.30. The van der Waals surface area contributed by atoms with Crippen LogP contribution in [0.5, 0.6) is 0 Å². The highest BCUT2D eigenvalue weighted by atomic mass is 32.2. The van der Waals surface area contributed by atoms with Gasteiger partial charge in [0.1, 0.15) is 5.54 Å². The van der Waals surface area contributed by atoms with Crippen molar-refractivity contribution >= 4 is 16.0 Å². The summed E-state index contributed by atoms with van der Waals surface area (Å²) in [5.74, 6) is -0.865. The molecule has 0 aromatic carbocycles. The predicted molar refractivity (Wildman–Crippen MR) is 53.2 cm³/mol. The lowest BCUT2D eigenvalue weighted by atomic mass is 10.1. The first-order valence-electron chi connectivity index (χ1n) is 4.18. The molecule has 15 heavy (non-hydrogen) atoms. The van der Waals surface area contributed by atoms with E-state index in [0.29, 0.717) is 0 Å². The fourth-order valence-corrected chi connectivity index (χ4v) is 2.04. The Morgan fingerprint density at radius 2 is 2.00 bits per heavy atom. The molecular formula is C8H14N2O4S. The van der Waals surface area contributed by atoms with E-state index in [-0.39, 0.29) is 0 Å². The van der Waals surface area contributed by atoms with Crippen molar-refractivity contribution in [3.8, 4) is 6.07 Å². The van der Waals surface area contributed by atoms with Gasteiger partial charge in [-0.05, 0) is 20.8 Å². The second-order valence-electron chi connectivity index (χ2n) is 3.55. The van der Waals surface area contributed by atoms with Crippen molar-refractivity contribution in [3.63, 3.8) is 0 Å². The third-order valence-corrected chi connectivity index (χ3v) is 3.59. The van der Waals surface area contributed by atoms with Gasteiger partial charge in [0, 0.05) is 0 Å². The van der Waals surface area contributed by atoms with E-state index in [1.807, 2.05) is 0 Å². The minimum Gasteiger partial charge on any atom is -0.468 e. The van der Waals surface area contributed by atoms with Gasteiger partial charge in [0.25, 0.3) is 0 Å². The lowest BCUT2D eigenvalue weighted by molar-refractivity contribution is -0.139. The molecule has 7 heteroatoms. The standard InChI is InChI=1S/C8H14N2O4S/c1-6(7(11)14-4)15(12,13)10-8(2,3)5-9/h6,10H,1-4H3. The highest BCUT2D eigenvalue weighted by Gasteiger charge is 2.33. The second kappa shape index (κ2) is 4.59. The molecule has 86 valence electrons. The third-order valence-electron chi connectivity index (χ3n) is 1.68. The van der Waals surface area contributed by atoms with E-state index in [2.05, 4.69) is 9.46 Å². The van der Waals surface area contributed by atoms with E-state index in [0.717, 1.165) is 7.11 Å². The first-order chi connectivity index (χ1) is 6.66. The van der Waals surface area contributed by atoms with Crippen molar-refractivity contribution in [2.75, 3.05) is 7.11 Å². The summed E-state index contributed by atoms with van der Waals surface area (Å²) >= 11 is 0. The Labute approximate surface area is 89.3 Å². The molecule has 0 spiro atoms. The van der Waals surface area contributed by atoms with E-state index in [9.17, 15) is 13.2 Å². The number of ether oxygens (including phenoxy) is 1. The number of rotatable bonds is 4. The van der Waals surface area contributed by atoms with Crippen molar-refractivity contribution in [1.29, 1.82) is 5.26 Å². The molecule has 0 aliphatic heterocycles. The number of nitriles is 1. The van der Waals surface area contributed by atoms with Crippen molar-refractivity contribution in [2.45, 2.75) is 31.6 Å².